The van der Waals surface area contributed by atoms with Crippen molar-refractivity contribution in [1.82, 2.24) is 14.5 Å². The minimum atomic E-state index is -1.10. The van der Waals surface area contributed by atoms with Gasteiger partial charge >= 0.3 is 5.97 Å². The number of halogens is 1. The molecule has 2 N–H and O–H groups in total. The molecule has 0 amide bonds. The van der Waals surface area contributed by atoms with Gasteiger partial charge in [0.15, 0.2) is 11.0 Å². The molecule has 1 heterocycles. The fourth-order valence-corrected chi connectivity index (χ4v) is 3.96. The molecule has 1 atom stereocenters. The van der Waals surface area contributed by atoms with Gasteiger partial charge in [-0.15, -0.1) is 0 Å². The highest BCUT2D eigenvalue weighted by atomic mass is 35.5. The molecule has 1 unspecified atom stereocenters. The highest BCUT2D eigenvalue weighted by Crippen LogP contribution is 2.20. The Morgan fingerprint density at radius 3 is 2.45 bits per heavy atom. The highest BCUT2D eigenvalue weighted by molar-refractivity contribution is 6.30. The summed E-state index contributed by atoms with van der Waals surface area (Å²) in [5.74, 6) is -1.05. The maximum absolute atomic E-state index is 13.2. The van der Waals surface area contributed by atoms with E-state index >= 15 is 0 Å². The van der Waals surface area contributed by atoms with E-state index in [0.29, 0.717) is 18.7 Å². The fraction of sp³-hybridized carbons (Fsp3) is 0.320. The average Bonchev–Trinajstić information content (AvgIpc) is 2.77. The Morgan fingerprint density at radius 2 is 1.79 bits per heavy atom. The minimum Gasteiger partial charge on any atom is -0.480 e. The van der Waals surface area contributed by atoms with Gasteiger partial charge in [-0.05, 0) is 44.1 Å². The lowest BCUT2D eigenvalue weighted by atomic mass is 10.1. The summed E-state index contributed by atoms with van der Waals surface area (Å²) in [7, 11) is 4.04. The van der Waals surface area contributed by atoms with Gasteiger partial charge in [0.2, 0.25) is 0 Å². The van der Waals surface area contributed by atoms with Crippen LogP contribution in [0.3, 0.4) is 0 Å². The zero-order valence-electron chi connectivity index (χ0n) is 19.1. The van der Waals surface area contributed by atoms with E-state index in [1.165, 1.54) is 10.1 Å². The highest BCUT2D eigenvalue weighted by Gasteiger charge is 2.26. The third-order valence-corrected chi connectivity index (χ3v) is 5.71. The van der Waals surface area contributed by atoms with Crippen molar-refractivity contribution in [3.8, 4) is 0 Å². The molecular formula is C25H29ClN4O3. The van der Waals surface area contributed by atoms with E-state index in [4.69, 9.17) is 11.6 Å². The van der Waals surface area contributed by atoms with Gasteiger partial charge in [-0.25, -0.2) is 9.78 Å². The summed E-state index contributed by atoms with van der Waals surface area (Å²) in [6.45, 7) is 2.92. The molecule has 1 aromatic heterocycles. The summed E-state index contributed by atoms with van der Waals surface area (Å²) in [6.07, 6.45) is 0.843. The lowest BCUT2D eigenvalue weighted by Crippen LogP contribution is -2.35. The van der Waals surface area contributed by atoms with Crippen molar-refractivity contribution in [1.29, 1.82) is 0 Å². The molecule has 3 rings (SSSR count). The minimum absolute atomic E-state index is 0.0503. The van der Waals surface area contributed by atoms with E-state index in [2.05, 4.69) is 27.3 Å². The first-order chi connectivity index (χ1) is 15.8. The van der Waals surface area contributed by atoms with Crippen molar-refractivity contribution >= 4 is 23.4 Å². The number of aromatic nitrogens is 2. The largest absolute Gasteiger partial charge is 0.480 e. The van der Waals surface area contributed by atoms with Gasteiger partial charge in [0.1, 0.15) is 6.04 Å². The molecular weight excluding hydrogens is 440 g/mol. The van der Waals surface area contributed by atoms with Gasteiger partial charge in [-0.2, -0.15) is 0 Å². The van der Waals surface area contributed by atoms with Crippen molar-refractivity contribution in [2.24, 2.45) is 0 Å². The van der Waals surface area contributed by atoms with Crippen LogP contribution in [-0.4, -0.2) is 46.2 Å². The van der Waals surface area contributed by atoms with Crippen molar-refractivity contribution < 1.29 is 9.90 Å². The number of rotatable bonds is 10. The Kier molecular flexibility index (Phi) is 8.25. The van der Waals surface area contributed by atoms with E-state index in [-0.39, 0.29) is 17.4 Å². The first kappa shape index (κ1) is 24.5. The maximum atomic E-state index is 13.2. The predicted molar refractivity (Wildman–Crippen MR) is 131 cm³/mol. The smallest absolute Gasteiger partial charge is 0.327 e. The van der Waals surface area contributed by atoms with Crippen LogP contribution in [0.4, 0.5) is 5.82 Å². The summed E-state index contributed by atoms with van der Waals surface area (Å²) >= 11 is 6.30. The molecule has 0 aliphatic heterocycles. The van der Waals surface area contributed by atoms with Crippen molar-refractivity contribution in [3.63, 3.8) is 0 Å². The van der Waals surface area contributed by atoms with Crippen LogP contribution in [0.2, 0.25) is 5.15 Å². The second-order valence-corrected chi connectivity index (χ2v) is 8.65. The SMILES string of the molecule is Cc1c(Cl)nc(NCCc2cccc(CN(C)C)c2)c(=O)n1C(Cc1ccccc1)C(=O)O. The van der Waals surface area contributed by atoms with Crippen molar-refractivity contribution in [3.05, 3.63) is 92.5 Å². The quantitative estimate of drug-likeness (QED) is 0.470. The van der Waals surface area contributed by atoms with E-state index < -0.39 is 17.6 Å². The maximum Gasteiger partial charge on any atom is 0.327 e. The number of hydrogen-bond donors (Lipinski definition) is 2. The Labute approximate surface area is 198 Å². The van der Waals surface area contributed by atoms with Crippen LogP contribution in [-0.2, 0) is 24.2 Å². The van der Waals surface area contributed by atoms with Gasteiger partial charge < -0.3 is 15.3 Å². The molecule has 0 bridgehead atoms. The number of carboxylic acid groups (broad SMARTS) is 1. The number of nitrogens with zero attached hydrogens (tertiary/aromatic N) is 3. The summed E-state index contributed by atoms with van der Waals surface area (Å²) in [5, 5.41) is 13.0. The zero-order chi connectivity index (χ0) is 24.0. The molecule has 0 radical (unpaired) electrons. The summed E-state index contributed by atoms with van der Waals surface area (Å²) in [5.41, 5.74) is 2.99. The second-order valence-electron chi connectivity index (χ2n) is 8.29. The fourth-order valence-electron chi connectivity index (χ4n) is 3.78. The van der Waals surface area contributed by atoms with Gasteiger partial charge in [-0.3, -0.25) is 9.36 Å². The number of benzene rings is 2. The van der Waals surface area contributed by atoms with Crippen LogP contribution >= 0.6 is 11.6 Å². The molecule has 33 heavy (non-hydrogen) atoms. The first-order valence-corrected chi connectivity index (χ1v) is 11.2. The molecule has 174 valence electrons. The molecule has 2 aromatic carbocycles. The first-order valence-electron chi connectivity index (χ1n) is 10.8. The Bertz CT molecular complexity index is 1160. The Morgan fingerprint density at radius 1 is 1.12 bits per heavy atom. The molecule has 7 nitrogen and oxygen atoms in total. The lowest BCUT2D eigenvalue weighted by molar-refractivity contribution is -0.141. The van der Waals surface area contributed by atoms with Crippen LogP contribution < -0.4 is 10.9 Å². The monoisotopic (exact) mass is 468 g/mol. The topological polar surface area (TPSA) is 87.5 Å². The van der Waals surface area contributed by atoms with Gasteiger partial charge in [-0.1, -0.05) is 66.2 Å². The molecule has 0 saturated heterocycles. The summed E-state index contributed by atoms with van der Waals surface area (Å²) < 4.78 is 1.23. The zero-order valence-corrected chi connectivity index (χ0v) is 19.8. The molecule has 0 aliphatic rings. The number of aliphatic carboxylic acids is 1. The Hall–Kier alpha value is -3.16. The van der Waals surface area contributed by atoms with E-state index in [1.54, 1.807) is 6.92 Å². The molecule has 0 saturated carbocycles. The predicted octanol–water partition coefficient (Wildman–Crippen LogP) is 3.79. The molecule has 8 heteroatoms. The lowest BCUT2D eigenvalue weighted by Gasteiger charge is -2.20. The number of carboxylic acids is 1. The summed E-state index contributed by atoms with van der Waals surface area (Å²) in [6, 6.07) is 16.4. The van der Waals surface area contributed by atoms with Crippen LogP contribution in [0.15, 0.2) is 59.4 Å². The molecule has 0 aliphatic carbocycles. The number of anilines is 1. The van der Waals surface area contributed by atoms with E-state index in [9.17, 15) is 14.7 Å². The van der Waals surface area contributed by atoms with Crippen molar-refractivity contribution in [2.45, 2.75) is 32.4 Å². The van der Waals surface area contributed by atoms with Crippen LogP contribution in [0.1, 0.15) is 28.4 Å². The molecule has 0 fully saturated rings. The normalized spacial score (nSPS) is 12.0. The van der Waals surface area contributed by atoms with E-state index in [0.717, 1.165) is 17.7 Å². The molecule has 3 aromatic rings. The van der Waals surface area contributed by atoms with Crippen molar-refractivity contribution in [2.75, 3.05) is 26.0 Å². The molecule has 0 spiro atoms. The second kappa shape index (κ2) is 11.1. The Balaban J connectivity index is 1.81. The third-order valence-electron chi connectivity index (χ3n) is 5.36. The van der Waals surface area contributed by atoms with Crippen LogP contribution in [0, 0.1) is 6.92 Å². The number of carbonyl (C=O) groups is 1. The average molecular weight is 469 g/mol. The van der Waals surface area contributed by atoms with Gasteiger partial charge in [0.25, 0.3) is 5.56 Å². The van der Waals surface area contributed by atoms with Gasteiger partial charge in [0.05, 0.1) is 5.69 Å². The third kappa shape index (κ3) is 6.43. The number of hydrogen-bond acceptors (Lipinski definition) is 5. The summed E-state index contributed by atoms with van der Waals surface area (Å²) in [4.78, 5) is 31.6. The van der Waals surface area contributed by atoms with Gasteiger partial charge in [0, 0.05) is 19.5 Å². The standard InChI is InChI=1S/C25H29ClN4O3/c1-17-22(26)28-23(27-13-12-19-10-7-11-20(14-19)16-29(2)3)24(31)30(17)21(25(32)33)15-18-8-5-4-6-9-18/h4-11,14,21H,12-13,15-16H2,1-3H3,(H,27,28)(H,32,33). The van der Waals surface area contributed by atoms with Crippen LogP contribution in [0.25, 0.3) is 0 Å². The number of nitrogens with one attached hydrogen (secondary N) is 1. The van der Waals surface area contributed by atoms with E-state index in [1.807, 2.05) is 56.6 Å². The van der Waals surface area contributed by atoms with Crippen LogP contribution in [0.5, 0.6) is 0 Å².